The van der Waals surface area contributed by atoms with Gasteiger partial charge in [-0.05, 0) is 67.2 Å². The number of benzene rings is 6. The second-order valence-corrected chi connectivity index (χ2v) is 8.55. The molecule has 0 heterocycles. The number of hydrogen-bond donors (Lipinski definition) is 0. The molecule has 0 saturated carbocycles. The topological polar surface area (TPSA) is 120 Å². The Labute approximate surface area is 255 Å². The SMILES string of the molecule is O=C([O-])c1ccc2ccccc2c1.O=C([O-])c1ccc2ccccc2c1.O=C([O-])c1ccc2ccccc2c1.[Y+3]. The number of carboxylic acid groups (broad SMARTS) is 3. The van der Waals surface area contributed by atoms with Crippen LogP contribution in [0.1, 0.15) is 31.1 Å². The maximum atomic E-state index is 10.5. The van der Waals surface area contributed by atoms with Gasteiger partial charge >= 0.3 is 32.7 Å². The molecule has 40 heavy (non-hydrogen) atoms. The Bertz CT molecular complexity index is 1600. The molecule has 0 N–H and O–H groups in total. The van der Waals surface area contributed by atoms with Crippen LogP contribution in [-0.2, 0) is 32.7 Å². The van der Waals surface area contributed by atoms with Crippen LogP contribution in [0.2, 0.25) is 0 Å². The maximum absolute atomic E-state index is 10.5. The molecule has 0 aliphatic heterocycles. The first-order valence-electron chi connectivity index (χ1n) is 11.9. The van der Waals surface area contributed by atoms with Crippen LogP contribution in [0.3, 0.4) is 0 Å². The van der Waals surface area contributed by atoms with Gasteiger partial charge in [-0.25, -0.2) is 0 Å². The Balaban J connectivity index is 0.000000163. The first-order chi connectivity index (χ1) is 18.8. The van der Waals surface area contributed by atoms with Gasteiger partial charge in [0.25, 0.3) is 0 Å². The van der Waals surface area contributed by atoms with Crippen LogP contribution in [0.4, 0.5) is 0 Å². The zero-order chi connectivity index (χ0) is 27.8. The van der Waals surface area contributed by atoms with Gasteiger partial charge in [0.15, 0.2) is 0 Å². The quantitative estimate of drug-likeness (QED) is 0.305. The minimum atomic E-state index is -1.13. The fraction of sp³-hybridized carbons (Fsp3) is 0. The van der Waals surface area contributed by atoms with E-state index in [0.717, 1.165) is 32.3 Å². The summed E-state index contributed by atoms with van der Waals surface area (Å²) in [7, 11) is 0. The van der Waals surface area contributed by atoms with Gasteiger partial charge in [-0.3, -0.25) is 0 Å². The van der Waals surface area contributed by atoms with Gasteiger partial charge in [-0.2, -0.15) is 0 Å². The Hall–Kier alpha value is -4.39. The van der Waals surface area contributed by atoms with Crippen molar-refractivity contribution in [3.05, 3.63) is 144 Å². The molecule has 7 heteroatoms. The van der Waals surface area contributed by atoms with Crippen LogP contribution in [0, 0.1) is 0 Å². The van der Waals surface area contributed by atoms with Gasteiger partial charge in [0.05, 0.1) is 17.9 Å². The molecular weight excluding hydrogens is 581 g/mol. The molecule has 0 radical (unpaired) electrons. The molecule has 0 amide bonds. The third-order valence-corrected chi connectivity index (χ3v) is 5.96. The predicted octanol–water partition coefficient (Wildman–Crippen LogP) is 3.61. The van der Waals surface area contributed by atoms with E-state index in [1.807, 2.05) is 72.8 Å². The van der Waals surface area contributed by atoms with E-state index < -0.39 is 17.9 Å². The van der Waals surface area contributed by atoms with Crippen LogP contribution in [-0.4, -0.2) is 17.9 Å². The van der Waals surface area contributed by atoms with Crippen LogP contribution in [0.5, 0.6) is 0 Å². The normalized spacial score (nSPS) is 9.90. The van der Waals surface area contributed by atoms with Crippen molar-refractivity contribution in [1.29, 1.82) is 0 Å². The molecule has 0 unspecified atom stereocenters. The number of carboxylic acids is 3. The fourth-order valence-corrected chi connectivity index (χ4v) is 3.95. The number of carbonyl (C=O) groups excluding carboxylic acids is 3. The average Bonchev–Trinajstić information content (AvgIpc) is 2.97. The number of carbonyl (C=O) groups is 3. The first kappa shape index (κ1) is 30.2. The van der Waals surface area contributed by atoms with E-state index in [4.69, 9.17) is 0 Å². The number of rotatable bonds is 3. The van der Waals surface area contributed by atoms with Crippen LogP contribution in [0.15, 0.2) is 127 Å². The Morgan fingerprint density at radius 1 is 0.350 bits per heavy atom. The molecule has 6 rings (SSSR count). The molecule has 0 fully saturated rings. The van der Waals surface area contributed by atoms with E-state index in [9.17, 15) is 29.7 Å². The summed E-state index contributed by atoms with van der Waals surface area (Å²) in [6.07, 6.45) is 0. The fourth-order valence-electron chi connectivity index (χ4n) is 3.95. The third kappa shape index (κ3) is 7.82. The van der Waals surface area contributed by atoms with E-state index >= 15 is 0 Å². The van der Waals surface area contributed by atoms with Crippen molar-refractivity contribution in [3.8, 4) is 0 Å². The second-order valence-electron chi connectivity index (χ2n) is 8.55. The number of fused-ring (bicyclic) bond motifs is 3. The van der Waals surface area contributed by atoms with Crippen molar-refractivity contribution in [2.75, 3.05) is 0 Å². The largest absolute Gasteiger partial charge is 3.00 e. The maximum Gasteiger partial charge on any atom is 3.00 e. The van der Waals surface area contributed by atoms with Gasteiger partial charge in [0, 0.05) is 0 Å². The van der Waals surface area contributed by atoms with Crippen molar-refractivity contribution >= 4 is 50.2 Å². The van der Waals surface area contributed by atoms with E-state index in [1.54, 1.807) is 54.6 Å². The average molecular weight is 602 g/mol. The van der Waals surface area contributed by atoms with E-state index in [-0.39, 0.29) is 49.4 Å². The third-order valence-electron chi connectivity index (χ3n) is 5.96. The van der Waals surface area contributed by atoms with Gasteiger partial charge < -0.3 is 29.7 Å². The smallest absolute Gasteiger partial charge is 0.545 e. The zero-order valence-electron chi connectivity index (χ0n) is 21.2. The van der Waals surface area contributed by atoms with Crippen LogP contribution < -0.4 is 15.3 Å². The molecule has 0 aliphatic carbocycles. The zero-order valence-corrected chi connectivity index (χ0v) is 24.0. The van der Waals surface area contributed by atoms with Crippen molar-refractivity contribution in [2.24, 2.45) is 0 Å². The molecule has 192 valence electrons. The van der Waals surface area contributed by atoms with E-state index in [2.05, 4.69) is 0 Å². The monoisotopic (exact) mass is 602 g/mol. The minimum Gasteiger partial charge on any atom is -0.545 e. The number of aromatic carboxylic acids is 3. The molecule has 6 aromatic carbocycles. The summed E-state index contributed by atoms with van der Waals surface area (Å²) in [6.45, 7) is 0. The summed E-state index contributed by atoms with van der Waals surface area (Å²) < 4.78 is 0. The Morgan fingerprint density at radius 3 is 0.800 bits per heavy atom. The van der Waals surface area contributed by atoms with Gasteiger partial charge in [-0.15, -0.1) is 0 Å². The summed E-state index contributed by atoms with van der Waals surface area (Å²) in [6, 6.07) is 37.7. The molecule has 0 aliphatic rings. The molecule has 0 saturated heterocycles. The predicted molar refractivity (Wildman–Crippen MR) is 145 cm³/mol. The van der Waals surface area contributed by atoms with Crippen LogP contribution in [0.25, 0.3) is 32.3 Å². The van der Waals surface area contributed by atoms with Crippen molar-refractivity contribution in [1.82, 2.24) is 0 Å². The van der Waals surface area contributed by atoms with E-state index in [1.165, 1.54) is 0 Å². The Morgan fingerprint density at radius 2 is 0.575 bits per heavy atom. The molecule has 0 atom stereocenters. The summed E-state index contributed by atoms with van der Waals surface area (Å²) in [5, 5.41) is 37.5. The molecule has 0 spiro atoms. The first-order valence-corrected chi connectivity index (χ1v) is 11.9. The van der Waals surface area contributed by atoms with Gasteiger partial charge in [-0.1, -0.05) is 109 Å². The second kappa shape index (κ2) is 14.1. The summed E-state index contributed by atoms with van der Waals surface area (Å²) in [4.78, 5) is 31.6. The molecule has 6 nitrogen and oxygen atoms in total. The molecule has 6 aromatic rings. The van der Waals surface area contributed by atoms with Crippen molar-refractivity contribution < 1.29 is 62.4 Å². The van der Waals surface area contributed by atoms with Crippen LogP contribution >= 0.6 is 0 Å². The van der Waals surface area contributed by atoms with Crippen molar-refractivity contribution in [3.63, 3.8) is 0 Å². The standard InChI is InChI=1S/3C11H8O2.Y/c3*12-11(13)10-6-5-8-3-1-2-4-9(8)7-10;/h3*1-7H,(H,12,13);/q;;;+3/p-3. The summed E-state index contributed by atoms with van der Waals surface area (Å²) >= 11 is 0. The van der Waals surface area contributed by atoms with Gasteiger partial charge in [0.1, 0.15) is 0 Å². The van der Waals surface area contributed by atoms with Crippen molar-refractivity contribution in [2.45, 2.75) is 0 Å². The number of hydrogen-bond acceptors (Lipinski definition) is 6. The van der Waals surface area contributed by atoms with E-state index in [0.29, 0.717) is 0 Å². The molecule has 0 bridgehead atoms. The Kier molecular flexibility index (Phi) is 10.7. The minimum absolute atomic E-state index is 0. The molecular formula is C33H21O6Y. The molecule has 0 aromatic heterocycles. The summed E-state index contributed by atoms with van der Waals surface area (Å²) in [5.41, 5.74) is 0.663. The summed E-state index contributed by atoms with van der Waals surface area (Å²) in [5.74, 6) is -3.40. The van der Waals surface area contributed by atoms with Gasteiger partial charge in [0.2, 0.25) is 0 Å².